The molecule has 1 aromatic heterocycles. The number of benzene rings is 1. The Morgan fingerprint density at radius 3 is 2.82 bits per heavy atom. The first kappa shape index (κ1) is 11.9. The number of anilines is 1. The molecule has 2 aromatic rings. The number of hydrogen-bond donors (Lipinski definition) is 1. The molecule has 0 aliphatic heterocycles. The van der Waals surface area contributed by atoms with Gasteiger partial charge in [-0.05, 0) is 24.8 Å². The smallest absolute Gasteiger partial charge is 0.136 e. The van der Waals surface area contributed by atoms with E-state index in [0.29, 0.717) is 0 Å². The second kappa shape index (κ2) is 5.64. The lowest BCUT2D eigenvalue weighted by Gasteiger charge is -2.22. The van der Waals surface area contributed by atoms with Crippen molar-refractivity contribution in [3.05, 3.63) is 36.5 Å². The standard InChI is InChI=1S/C14H18N2O/c1-2-16(10-5-11-17)14-13-7-4-3-6-12(13)8-9-15-14/h3-4,6-9,17H,2,5,10-11H2,1H3. The molecule has 1 heterocycles. The fraction of sp³-hybridized carbons (Fsp3) is 0.357. The zero-order chi connectivity index (χ0) is 12.1. The molecule has 17 heavy (non-hydrogen) atoms. The molecule has 0 saturated heterocycles. The molecule has 2 rings (SSSR count). The number of aliphatic hydroxyl groups is 1. The third kappa shape index (κ3) is 2.56. The highest BCUT2D eigenvalue weighted by atomic mass is 16.3. The zero-order valence-electron chi connectivity index (χ0n) is 10.1. The van der Waals surface area contributed by atoms with Crippen molar-refractivity contribution in [2.24, 2.45) is 0 Å². The van der Waals surface area contributed by atoms with Crippen molar-refractivity contribution in [3.63, 3.8) is 0 Å². The molecular weight excluding hydrogens is 212 g/mol. The molecule has 3 nitrogen and oxygen atoms in total. The van der Waals surface area contributed by atoms with Gasteiger partial charge in [0.05, 0.1) is 0 Å². The Bertz CT molecular complexity index is 479. The summed E-state index contributed by atoms with van der Waals surface area (Å²) in [6.07, 6.45) is 2.62. The van der Waals surface area contributed by atoms with Crippen molar-refractivity contribution in [2.75, 3.05) is 24.6 Å². The lowest BCUT2D eigenvalue weighted by Crippen LogP contribution is -2.25. The lowest BCUT2D eigenvalue weighted by molar-refractivity contribution is 0.289. The van der Waals surface area contributed by atoms with E-state index in [1.165, 1.54) is 10.8 Å². The first-order chi connectivity index (χ1) is 8.36. The summed E-state index contributed by atoms with van der Waals surface area (Å²) in [4.78, 5) is 6.68. The van der Waals surface area contributed by atoms with Crippen LogP contribution in [0.2, 0.25) is 0 Å². The van der Waals surface area contributed by atoms with Crippen molar-refractivity contribution in [1.29, 1.82) is 0 Å². The van der Waals surface area contributed by atoms with E-state index in [9.17, 15) is 0 Å². The molecule has 0 radical (unpaired) electrons. The first-order valence-corrected chi connectivity index (χ1v) is 6.06. The Balaban J connectivity index is 2.38. The maximum absolute atomic E-state index is 8.92. The van der Waals surface area contributed by atoms with Gasteiger partial charge < -0.3 is 10.0 Å². The van der Waals surface area contributed by atoms with Crippen LogP contribution in [0.3, 0.4) is 0 Å². The molecule has 90 valence electrons. The number of nitrogens with zero attached hydrogens (tertiary/aromatic N) is 2. The van der Waals surface area contributed by atoms with Crippen LogP contribution in [0.5, 0.6) is 0 Å². The van der Waals surface area contributed by atoms with Crippen LogP contribution < -0.4 is 4.90 Å². The number of hydrogen-bond acceptors (Lipinski definition) is 3. The molecule has 0 spiro atoms. The minimum absolute atomic E-state index is 0.223. The molecule has 0 amide bonds. The molecule has 3 heteroatoms. The molecular formula is C14H18N2O. The monoisotopic (exact) mass is 230 g/mol. The molecule has 1 N–H and O–H groups in total. The van der Waals surface area contributed by atoms with Crippen LogP contribution in [0.15, 0.2) is 36.5 Å². The van der Waals surface area contributed by atoms with Crippen LogP contribution in [0.1, 0.15) is 13.3 Å². The number of aromatic nitrogens is 1. The molecule has 0 bridgehead atoms. The van der Waals surface area contributed by atoms with E-state index in [1.807, 2.05) is 24.4 Å². The predicted octanol–water partition coefficient (Wildman–Crippen LogP) is 2.44. The number of rotatable bonds is 5. The van der Waals surface area contributed by atoms with Gasteiger partial charge in [0.1, 0.15) is 5.82 Å². The highest BCUT2D eigenvalue weighted by Gasteiger charge is 2.08. The third-order valence-electron chi connectivity index (χ3n) is 2.92. The molecule has 0 aliphatic rings. The van der Waals surface area contributed by atoms with E-state index in [1.54, 1.807) is 0 Å². The van der Waals surface area contributed by atoms with E-state index in [0.717, 1.165) is 25.3 Å². The van der Waals surface area contributed by atoms with Crippen molar-refractivity contribution in [1.82, 2.24) is 4.98 Å². The van der Waals surface area contributed by atoms with Crippen LogP contribution in [0, 0.1) is 0 Å². The van der Waals surface area contributed by atoms with Gasteiger partial charge >= 0.3 is 0 Å². The Morgan fingerprint density at radius 2 is 2.06 bits per heavy atom. The maximum Gasteiger partial charge on any atom is 0.136 e. The van der Waals surface area contributed by atoms with Gasteiger partial charge in [-0.3, -0.25) is 0 Å². The van der Waals surface area contributed by atoms with Gasteiger partial charge in [0, 0.05) is 31.3 Å². The summed E-state index contributed by atoms with van der Waals surface area (Å²) in [5.41, 5.74) is 0. The Hall–Kier alpha value is -1.61. The molecule has 0 aliphatic carbocycles. The highest BCUT2D eigenvalue weighted by Crippen LogP contribution is 2.23. The van der Waals surface area contributed by atoms with E-state index in [2.05, 4.69) is 28.9 Å². The number of aliphatic hydroxyl groups excluding tert-OH is 1. The fourth-order valence-electron chi connectivity index (χ4n) is 2.03. The normalized spacial score (nSPS) is 10.7. The van der Waals surface area contributed by atoms with E-state index in [-0.39, 0.29) is 6.61 Å². The first-order valence-electron chi connectivity index (χ1n) is 6.06. The minimum atomic E-state index is 0.223. The Labute approximate surface area is 102 Å². The van der Waals surface area contributed by atoms with Crippen LogP contribution in [0.25, 0.3) is 10.8 Å². The van der Waals surface area contributed by atoms with Crippen molar-refractivity contribution >= 4 is 16.6 Å². The summed E-state index contributed by atoms with van der Waals surface area (Å²) in [5.74, 6) is 1.01. The van der Waals surface area contributed by atoms with E-state index in [4.69, 9.17) is 5.11 Å². The van der Waals surface area contributed by atoms with Gasteiger partial charge in [0.25, 0.3) is 0 Å². The minimum Gasteiger partial charge on any atom is -0.396 e. The molecule has 0 atom stereocenters. The second-order valence-electron chi connectivity index (χ2n) is 4.01. The van der Waals surface area contributed by atoms with Gasteiger partial charge in [-0.2, -0.15) is 0 Å². The van der Waals surface area contributed by atoms with Crippen molar-refractivity contribution in [2.45, 2.75) is 13.3 Å². The van der Waals surface area contributed by atoms with E-state index >= 15 is 0 Å². The van der Waals surface area contributed by atoms with Crippen molar-refractivity contribution in [3.8, 4) is 0 Å². The average Bonchev–Trinajstić information content (AvgIpc) is 2.40. The third-order valence-corrected chi connectivity index (χ3v) is 2.92. The molecule has 0 unspecified atom stereocenters. The lowest BCUT2D eigenvalue weighted by atomic mass is 10.1. The quantitative estimate of drug-likeness (QED) is 0.857. The summed E-state index contributed by atoms with van der Waals surface area (Å²) in [5, 5.41) is 11.3. The highest BCUT2D eigenvalue weighted by molar-refractivity contribution is 5.92. The van der Waals surface area contributed by atoms with Gasteiger partial charge in [-0.25, -0.2) is 4.98 Å². The summed E-state index contributed by atoms with van der Waals surface area (Å²) >= 11 is 0. The largest absolute Gasteiger partial charge is 0.396 e. The summed E-state index contributed by atoms with van der Waals surface area (Å²) in [6, 6.07) is 10.3. The molecule has 0 saturated carbocycles. The van der Waals surface area contributed by atoms with Crippen LogP contribution in [0.4, 0.5) is 5.82 Å². The van der Waals surface area contributed by atoms with E-state index < -0.39 is 0 Å². The van der Waals surface area contributed by atoms with Crippen LogP contribution >= 0.6 is 0 Å². The maximum atomic E-state index is 8.92. The van der Waals surface area contributed by atoms with Gasteiger partial charge in [-0.15, -0.1) is 0 Å². The predicted molar refractivity (Wildman–Crippen MR) is 71.3 cm³/mol. The van der Waals surface area contributed by atoms with Crippen LogP contribution in [-0.2, 0) is 0 Å². The second-order valence-corrected chi connectivity index (χ2v) is 4.01. The Morgan fingerprint density at radius 1 is 1.24 bits per heavy atom. The number of pyridine rings is 1. The van der Waals surface area contributed by atoms with Gasteiger partial charge in [0.15, 0.2) is 0 Å². The fourth-order valence-corrected chi connectivity index (χ4v) is 2.03. The topological polar surface area (TPSA) is 36.4 Å². The van der Waals surface area contributed by atoms with Crippen molar-refractivity contribution < 1.29 is 5.11 Å². The van der Waals surface area contributed by atoms with Gasteiger partial charge in [0.2, 0.25) is 0 Å². The molecule has 0 fully saturated rings. The Kier molecular flexibility index (Phi) is 3.94. The summed E-state index contributed by atoms with van der Waals surface area (Å²) in [7, 11) is 0. The average molecular weight is 230 g/mol. The van der Waals surface area contributed by atoms with Crippen LogP contribution in [-0.4, -0.2) is 29.8 Å². The number of fused-ring (bicyclic) bond motifs is 1. The van der Waals surface area contributed by atoms with Gasteiger partial charge in [-0.1, -0.05) is 24.3 Å². The summed E-state index contributed by atoms with van der Waals surface area (Å²) in [6.45, 7) is 4.08. The zero-order valence-corrected chi connectivity index (χ0v) is 10.1. The SMILES string of the molecule is CCN(CCCO)c1nccc2ccccc12. The summed E-state index contributed by atoms with van der Waals surface area (Å²) < 4.78 is 0. The molecule has 1 aromatic carbocycles.